The van der Waals surface area contributed by atoms with Gasteiger partial charge in [0, 0.05) is 38.4 Å². The van der Waals surface area contributed by atoms with Gasteiger partial charge in [-0.1, -0.05) is 20.3 Å². The van der Waals surface area contributed by atoms with Crippen molar-refractivity contribution >= 4 is 0 Å². The molecule has 1 aliphatic rings. The van der Waals surface area contributed by atoms with E-state index in [9.17, 15) is 4.39 Å². The Bertz CT molecular complexity index is 383. The van der Waals surface area contributed by atoms with Crippen molar-refractivity contribution in [2.75, 3.05) is 19.6 Å². The molecule has 0 bridgehead atoms. The van der Waals surface area contributed by atoms with Gasteiger partial charge in [-0.3, -0.25) is 9.88 Å². The van der Waals surface area contributed by atoms with Crippen LogP contribution in [0.15, 0.2) is 18.5 Å². The average Bonchev–Trinajstić information content (AvgIpc) is 2.38. The zero-order chi connectivity index (χ0) is 13.0. The normalized spacial score (nSPS) is 22.9. The van der Waals surface area contributed by atoms with Crippen molar-refractivity contribution in [1.82, 2.24) is 15.2 Å². The molecule has 2 rings (SSSR count). The predicted octanol–water partition coefficient (Wildman–Crippen LogP) is 2.04. The van der Waals surface area contributed by atoms with Crippen molar-refractivity contribution in [2.24, 2.45) is 5.92 Å². The minimum absolute atomic E-state index is 0.249. The zero-order valence-corrected chi connectivity index (χ0v) is 11.2. The largest absolute Gasteiger partial charge is 0.311 e. The lowest BCUT2D eigenvalue weighted by atomic mass is 9.97. The molecule has 2 heterocycles. The Labute approximate surface area is 108 Å². The molecule has 1 saturated heterocycles. The monoisotopic (exact) mass is 251 g/mol. The highest BCUT2D eigenvalue weighted by Gasteiger charge is 2.23. The number of aromatic nitrogens is 1. The quantitative estimate of drug-likeness (QED) is 0.887. The maximum atomic E-state index is 13.1. The van der Waals surface area contributed by atoms with Crippen LogP contribution in [0.3, 0.4) is 0 Å². The molecule has 1 fully saturated rings. The SMILES string of the molecule is CCC(C)C1CN(Cc2cncc(F)c2)CCN1. The standard InChI is InChI=1S/C14H22FN3/c1-3-11(2)14-10-18(5-4-17-14)9-12-6-13(15)8-16-7-12/h6-8,11,14,17H,3-5,9-10H2,1-2H3. The van der Waals surface area contributed by atoms with Crippen LogP contribution in [0.25, 0.3) is 0 Å². The number of halogens is 1. The molecule has 3 nitrogen and oxygen atoms in total. The number of nitrogens with zero attached hydrogens (tertiary/aromatic N) is 2. The maximum Gasteiger partial charge on any atom is 0.141 e. The van der Waals surface area contributed by atoms with Gasteiger partial charge in [0.2, 0.25) is 0 Å². The van der Waals surface area contributed by atoms with E-state index < -0.39 is 0 Å². The van der Waals surface area contributed by atoms with E-state index in [0.29, 0.717) is 12.0 Å². The number of piperazine rings is 1. The fraction of sp³-hybridized carbons (Fsp3) is 0.643. The summed E-state index contributed by atoms with van der Waals surface area (Å²) in [5.74, 6) is 0.430. The van der Waals surface area contributed by atoms with Gasteiger partial charge in [-0.2, -0.15) is 0 Å². The highest BCUT2D eigenvalue weighted by atomic mass is 19.1. The molecule has 4 heteroatoms. The van der Waals surface area contributed by atoms with Crippen LogP contribution >= 0.6 is 0 Å². The summed E-state index contributed by atoms with van der Waals surface area (Å²) in [7, 11) is 0. The van der Waals surface area contributed by atoms with Crippen molar-refractivity contribution in [3.05, 3.63) is 29.8 Å². The molecule has 100 valence electrons. The summed E-state index contributed by atoms with van der Waals surface area (Å²) >= 11 is 0. The highest BCUT2D eigenvalue weighted by Crippen LogP contribution is 2.14. The molecule has 2 atom stereocenters. The number of nitrogens with one attached hydrogen (secondary N) is 1. The molecule has 0 amide bonds. The van der Waals surface area contributed by atoms with Gasteiger partial charge in [-0.15, -0.1) is 0 Å². The Morgan fingerprint density at radius 1 is 1.56 bits per heavy atom. The first-order chi connectivity index (χ1) is 8.69. The number of pyridine rings is 1. The Kier molecular flexibility index (Phi) is 4.66. The summed E-state index contributed by atoms with van der Waals surface area (Å²) in [6.45, 7) is 8.36. The van der Waals surface area contributed by atoms with Gasteiger partial charge >= 0.3 is 0 Å². The molecule has 0 aromatic carbocycles. The molecule has 1 aliphatic heterocycles. The van der Waals surface area contributed by atoms with Crippen LogP contribution in [-0.2, 0) is 6.54 Å². The Morgan fingerprint density at radius 3 is 3.11 bits per heavy atom. The minimum atomic E-state index is -0.249. The molecule has 2 unspecified atom stereocenters. The summed E-state index contributed by atoms with van der Waals surface area (Å²) in [4.78, 5) is 6.28. The van der Waals surface area contributed by atoms with Gasteiger partial charge in [-0.25, -0.2) is 4.39 Å². The van der Waals surface area contributed by atoms with Gasteiger partial charge in [-0.05, 0) is 17.5 Å². The lowest BCUT2D eigenvalue weighted by molar-refractivity contribution is 0.162. The molecule has 18 heavy (non-hydrogen) atoms. The second kappa shape index (κ2) is 6.25. The molecule has 1 N–H and O–H groups in total. The van der Waals surface area contributed by atoms with Crippen LogP contribution in [0.1, 0.15) is 25.8 Å². The van der Waals surface area contributed by atoms with E-state index >= 15 is 0 Å². The predicted molar refractivity (Wildman–Crippen MR) is 70.7 cm³/mol. The second-order valence-electron chi connectivity index (χ2n) is 5.19. The average molecular weight is 251 g/mol. The van der Waals surface area contributed by atoms with Crippen molar-refractivity contribution in [2.45, 2.75) is 32.9 Å². The van der Waals surface area contributed by atoms with Crippen molar-refractivity contribution < 1.29 is 4.39 Å². The van der Waals surface area contributed by atoms with Gasteiger partial charge < -0.3 is 5.32 Å². The molecule has 0 spiro atoms. The summed E-state index contributed by atoms with van der Waals surface area (Å²) < 4.78 is 13.1. The highest BCUT2D eigenvalue weighted by molar-refractivity contribution is 5.10. The molecular weight excluding hydrogens is 229 g/mol. The first kappa shape index (κ1) is 13.4. The van der Waals surface area contributed by atoms with Crippen LogP contribution in [0.5, 0.6) is 0 Å². The van der Waals surface area contributed by atoms with Gasteiger partial charge in [0.1, 0.15) is 5.82 Å². The van der Waals surface area contributed by atoms with Crippen LogP contribution in [0.2, 0.25) is 0 Å². The maximum absolute atomic E-state index is 13.1. The number of hydrogen-bond donors (Lipinski definition) is 1. The lowest BCUT2D eigenvalue weighted by Crippen LogP contribution is -2.52. The Morgan fingerprint density at radius 2 is 2.39 bits per heavy atom. The molecule has 0 saturated carbocycles. The number of rotatable bonds is 4. The van der Waals surface area contributed by atoms with Crippen LogP contribution in [0.4, 0.5) is 4.39 Å². The smallest absolute Gasteiger partial charge is 0.141 e. The van der Waals surface area contributed by atoms with Crippen molar-refractivity contribution in [1.29, 1.82) is 0 Å². The van der Waals surface area contributed by atoms with Crippen molar-refractivity contribution in [3.8, 4) is 0 Å². The Balaban J connectivity index is 1.93. The lowest BCUT2D eigenvalue weighted by Gasteiger charge is -2.36. The summed E-state index contributed by atoms with van der Waals surface area (Å²) in [6, 6.07) is 2.12. The third kappa shape index (κ3) is 3.50. The summed E-state index contributed by atoms with van der Waals surface area (Å²) in [5, 5.41) is 3.57. The Hall–Kier alpha value is -1.00. The van der Waals surface area contributed by atoms with E-state index in [-0.39, 0.29) is 5.82 Å². The van der Waals surface area contributed by atoms with E-state index in [0.717, 1.165) is 31.7 Å². The first-order valence-electron chi connectivity index (χ1n) is 6.74. The van der Waals surface area contributed by atoms with Gasteiger partial charge in [0.15, 0.2) is 0 Å². The van der Waals surface area contributed by atoms with E-state index in [1.54, 1.807) is 12.3 Å². The third-order valence-electron chi connectivity index (χ3n) is 3.79. The second-order valence-corrected chi connectivity index (χ2v) is 5.19. The van der Waals surface area contributed by atoms with E-state index in [2.05, 4.69) is 29.0 Å². The summed E-state index contributed by atoms with van der Waals surface area (Å²) in [5.41, 5.74) is 0.958. The number of hydrogen-bond acceptors (Lipinski definition) is 3. The van der Waals surface area contributed by atoms with Crippen LogP contribution < -0.4 is 5.32 Å². The van der Waals surface area contributed by atoms with E-state index in [1.165, 1.54) is 12.6 Å². The van der Waals surface area contributed by atoms with Gasteiger partial charge in [0.05, 0.1) is 6.20 Å². The molecule has 1 aromatic heterocycles. The van der Waals surface area contributed by atoms with Crippen LogP contribution in [-0.4, -0.2) is 35.6 Å². The minimum Gasteiger partial charge on any atom is -0.311 e. The fourth-order valence-corrected chi connectivity index (χ4v) is 2.45. The molecular formula is C14H22FN3. The molecule has 1 aromatic rings. The van der Waals surface area contributed by atoms with E-state index in [1.807, 2.05) is 0 Å². The van der Waals surface area contributed by atoms with Gasteiger partial charge in [0.25, 0.3) is 0 Å². The first-order valence-corrected chi connectivity index (χ1v) is 6.74. The summed E-state index contributed by atoms with van der Waals surface area (Å²) in [6.07, 6.45) is 4.19. The third-order valence-corrected chi connectivity index (χ3v) is 3.79. The topological polar surface area (TPSA) is 28.2 Å². The fourth-order valence-electron chi connectivity index (χ4n) is 2.45. The molecule has 0 aliphatic carbocycles. The van der Waals surface area contributed by atoms with Crippen LogP contribution in [0, 0.1) is 11.7 Å². The van der Waals surface area contributed by atoms with E-state index in [4.69, 9.17) is 0 Å². The zero-order valence-electron chi connectivity index (χ0n) is 11.2. The molecule has 0 radical (unpaired) electrons. The van der Waals surface area contributed by atoms with Crippen molar-refractivity contribution in [3.63, 3.8) is 0 Å².